The number of benzene rings is 1. The molecular formula is C13H17N5. The Kier molecular flexibility index (Phi) is 3.32. The van der Waals surface area contributed by atoms with Gasteiger partial charge in [-0.3, -0.25) is 0 Å². The van der Waals surface area contributed by atoms with Crippen molar-refractivity contribution >= 4 is 23.3 Å². The lowest BCUT2D eigenvalue weighted by Crippen LogP contribution is -2.13. The van der Waals surface area contributed by atoms with Gasteiger partial charge in [0.05, 0.1) is 0 Å². The van der Waals surface area contributed by atoms with Crippen LogP contribution in [0.2, 0.25) is 0 Å². The van der Waals surface area contributed by atoms with Gasteiger partial charge in [0.25, 0.3) is 0 Å². The fourth-order valence-corrected chi connectivity index (χ4v) is 1.50. The van der Waals surface area contributed by atoms with E-state index in [4.69, 9.17) is 5.73 Å². The minimum Gasteiger partial charge on any atom is -0.383 e. The molecule has 0 fully saturated rings. The third kappa shape index (κ3) is 2.88. The molecule has 2 aromatic rings. The number of aryl methyl sites for hydroxylation is 1. The van der Waals surface area contributed by atoms with Gasteiger partial charge in [-0.15, -0.1) is 0 Å². The first kappa shape index (κ1) is 12.2. The zero-order valence-corrected chi connectivity index (χ0v) is 10.8. The van der Waals surface area contributed by atoms with Crippen molar-refractivity contribution < 1.29 is 0 Å². The van der Waals surface area contributed by atoms with Gasteiger partial charge in [-0.2, -0.15) is 9.97 Å². The fraction of sp³-hybridized carbons (Fsp3) is 0.231. The normalized spacial score (nSPS) is 10.2. The Bertz CT molecular complexity index is 534. The van der Waals surface area contributed by atoms with E-state index in [1.54, 1.807) is 6.07 Å². The number of nitrogens with zero attached hydrogens (tertiary/aromatic N) is 3. The van der Waals surface area contributed by atoms with Crippen LogP contribution in [0.25, 0.3) is 0 Å². The Morgan fingerprint density at radius 3 is 2.39 bits per heavy atom. The van der Waals surface area contributed by atoms with Crippen LogP contribution in [0.3, 0.4) is 0 Å². The summed E-state index contributed by atoms with van der Waals surface area (Å²) in [5.41, 5.74) is 7.91. The average Bonchev–Trinajstić information content (AvgIpc) is 2.31. The summed E-state index contributed by atoms with van der Waals surface area (Å²) in [5, 5.41) is 3.14. The number of aromatic nitrogens is 2. The molecule has 0 radical (unpaired) electrons. The molecule has 0 aliphatic heterocycles. The van der Waals surface area contributed by atoms with E-state index in [-0.39, 0.29) is 0 Å². The molecule has 0 amide bonds. The topological polar surface area (TPSA) is 67.1 Å². The van der Waals surface area contributed by atoms with E-state index < -0.39 is 0 Å². The molecule has 2 rings (SSSR count). The zero-order chi connectivity index (χ0) is 13.1. The molecule has 1 aromatic heterocycles. The first-order chi connectivity index (χ1) is 8.54. The summed E-state index contributed by atoms with van der Waals surface area (Å²) in [5.74, 6) is 1.72. The van der Waals surface area contributed by atoms with E-state index in [0.717, 1.165) is 11.5 Å². The van der Waals surface area contributed by atoms with E-state index >= 15 is 0 Å². The van der Waals surface area contributed by atoms with Crippen molar-refractivity contribution in [3.05, 3.63) is 35.9 Å². The number of nitrogen functional groups attached to an aromatic ring is 1. The second-order valence-corrected chi connectivity index (χ2v) is 4.36. The molecule has 94 valence electrons. The molecule has 3 N–H and O–H groups in total. The van der Waals surface area contributed by atoms with Crippen LogP contribution in [-0.4, -0.2) is 24.1 Å². The highest BCUT2D eigenvalue weighted by atomic mass is 15.2. The minimum atomic E-state index is 0.448. The van der Waals surface area contributed by atoms with Crippen LogP contribution in [0.15, 0.2) is 30.3 Å². The molecule has 18 heavy (non-hydrogen) atoms. The third-order valence-electron chi connectivity index (χ3n) is 2.50. The molecular weight excluding hydrogens is 226 g/mol. The molecule has 0 bridgehead atoms. The van der Waals surface area contributed by atoms with E-state index in [9.17, 15) is 0 Å². The van der Waals surface area contributed by atoms with Crippen LogP contribution in [0.5, 0.6) is 0 Å². The van der Waals surface area contributed by atoms with Crippen LogP contribution >= 0.6 is 0 Å². The molecule has 1 aromatic carbocycles. The Hall–Kier alpha value is -2.30. The first-order valence-corrected chi connectivity index (χ1v) is 5.70. The predicted octanol–water partition coefficient (Wildman–Crippen LogP) is 2.18. The highest BCUT2D eigenvalue weighted by Crippen LogP contribution is 2.18. The first-order valence-electron chi connectivity index (χ1n) is 5.70. The van der Waals surface area contributed by atoms with E-state index in [1.165, 1.54) is 5.56 Å². The lowest BCUT2D eigenvalue weighted by atomic mass is 10.2. The summed E-state index contributed by atoms with van der Waals surface area (Å²) in [6.45, 7) is 2.05. The van der Waals surface area contributed by atoms with Crippen molar-refractivity contribution in [2.45, 2.75) is 6.92 Å². The maximum absolute atomic E-state index is 5.76. The molecule has 0 spiro atoms. The van der Waals surface area contributed by atoms with Gasteiger partial charge in [0.15, 0.2) is 0 Å². The van der Waals surface area contributed by atoms with Crippen molar-refractivity contribution in [3.63, 3.8) is 0 Å². The number of nitrogens with two attached hydrogens (primary N) is 1. The number of rotatable bonds is 3. The molecule has 0 aliphatic carbocycles. The maximum Gasteiger partial charge on any atom is 0.231 e. The minimum absolute atomic E-state index is 0.448. The second kappa shape index (κ2) is 4.91. The molecule has 0 aliphatic rings. The lowest BCUT2D eigenvalue weighted by molar-refractivity contribution is 1.04. The van der Waals surface area contributed by atoms with Crippen LogP contribution in [0, 0.1) is 6.92 Å². The zero-order valence-electron chi connectivity index (χ0n) is 10.8. The highest BCUT2D eigenvalue weighted by Gasteiger charge is 2.04. The van der Waals surface area contributed by atoms with E-state index in [2.05, 4.69) is 15.3 Å². The van der Waals surface area contributed by atoms with Crippen molar-refractivity contribution in [2.24, 2.45) is 0 Å². The molecule has 1 heterocycles. The van der Waals surface area contributed by atoms with Gasteiger partial charge in [-0.25, -0.2) is 0 Å². The monoisotopic (exact) mass is 243 g/mol. The van der Waals surface area contributed by atoms with Gasteiger partial charge in [0.2, 0.25) is 5.95 Å². The standard InChI is InChI=1S/C13H17N5/c1-9-4-6-10(7-5-9)15-13-16-11(14)8-12(17-13)18(2)3/h4-8H,1-3H3,(H3,14,15,16,17). The molecule has 0 saturated heterocycles. The Morgan fingerprint density at radius 2 is 1.78 bits per heavy atom. The quantitative estimate of drug-likeness (QED) is 0.864. The van der Waals surface area contributed by atoms with Gasteiger partial charge >= 0.3 is 0 Å². The van der Waals surface area contributed by atoms with Crippen LogP contribution in [-0.2, 0) is 0 Å². The largest absolute Gasteiger partial charge is 0.383 e. The molecule has 5 nitrogen and oxygen atoms in total. The van der Waals surface area contributed by atoms with E-state index in [1.807, 2.05) is 50.2 Å². The second-order valence-electron chi connectivity index (χ2n) is 4.36. The summed E-state index contributed by atoms with van der Waals surface area (Å²) in [6.07, 6.45) is 0. The van der Waals surface area contributed by atoms with Gasteiger partial charge in [0.1, 0.15) is 11.6 Å². The Morgan fingerprint density at radius 1 is 1.11 bits per heavy atom. The predicted molar refractivity (Wildman–Crippen MR) is 75.2 cm³/mol. The van der Waals surface area contributed by atoms with Gasteiger partial charge in [-0.1, -0.05) is 17.7 Å². The Balaban J connectivity index is 2.26. The smallest absolute Gasteiger partial charge is 0.231 e. The average molecular weight is 243 g/mol. The van der Waals surface area contributed by atoms with Crippen molar-refractivity contribution in [1.82, 2.24) is 9.97 Å². The number of nitrogens with one attached hydrogen (secondary N) is 1. The fourth-order valence-electron chi connectivity index (χ4n) is 1.50. The Labute approximate surface area is 107 Å². The summed E-state index contributed by atoms with van der Waals surface area (Å²) < 4.78 is 0. The van der Waals surface area contributed by atoms with Crippen molar-refractivity contribution in [2.75, 3.05) is 30.0 Å². The molecule has 0 atom stereocenters. The summed E-state index contributed by atoms with van der Waals surface area (Å²) >= 11 is 0. The molecule has 0 saturated carbocycles. The summed E-state index contributed by atoms with van der Waals surface area (Å²) in [7, 11) is 3.83. The third-order valence-corrected chi connectivity index (χ3v) is 2.50. The van der Waals surface area contributed by atoms with Gasteiger partial charge < -0.3 is 16.0 Å². The number of hydrogen-bond acceptors (Lipinski definition) is 5. The highest BCUT2D eigenvalue weighted by molar-refractivity contribution is 5.58. The molecule has 0 unspecified atom stereocenters. The van der Waals surface area contributed by atoms with Crippen molar-refractivity contribution in [1.29, 1.82) is 0 Å². The number of anilines is 4. The maximum atomic E-state index is 5.76. The van der Waals surface area contributed by atoms with Crippen LogP contribution < -0.4 is 16.0 Å². The lowest BCUT2D eigenvalue weighted by Gasteiger charge is -2.13. The van der Waals surface area contributed by atoms with Crippen LogP contribution in [0.1, 0.15) is 5.56 Å². The summed E-state index contributed by atoms with van der Waals surface area (Å²) in [4.78, 5) is 10.4. The molecule has 5 heteroatoms. The van der Waals surface area contributed by atoms with Crippen LogP contribution in [0.4, 0.5) is 23.3 Å². The SMILES string of the molecule is Cc1ccc(Nc2nc(N)cc(N(C)C)n2)cc1. The van der Waals surface area contributed by atoms with Gasteiger partial charge in [0, 0.05) is 25.8 Å². The number of hydrogen-bond donors (Lipinski definition) is 2. The van der Waals surface area contributed by atoms with Crippen molar-refractivity contribution in [3.8, 4) is 0 Å². The van der Waals surface area contributed by atoms with E-state index in [0.29, 0.717) is 11.8 Å². The summed E-state index contributed by atoms with van der Waals surface area (Å²) in [6, 6.07) is 9.76. The van der Waals surface area contributed by atoms with Gasteiger partial charge in [-0.05, 0) is 19.1 Å².